The van der Waals surface area contributed by atoms with Crippen LogP contribution < -0.4 is 22.5 Å². The molecule has 0 aromatic rings. The summed E-state index contributed by atoms with van der Waals surface area (Å²) in [6, 6.07) is -3.47. The van der Waals surface area contributed by atoms with Gasteiger partial charge in [-0.25, -0.2) is 0 Å². The Labute approximate surface area is 197 Å². The molecule has 15 atom stereocenters. The zero-order chi connectivity index (χ0) is 25.5. The maximum absolute atomic E-state index is 11.1. The Hall–Kier alpha value is -0.560. The first-order chi connectivity index (χ1) is 15.8. The topological polar surface area (TPSA) is 248 Å². The van der Waals surface area contributed by atoms with E-state index in [9.17, 15) is 30.6 Å². The number of likely N-dealkylation sites (N-methyl/N-ethyl adjacent to an activating group) is 1. The maximum Gasteiger partial charge on any atom is 0.185 e. The molecule has 0 bridgehead atoms. The lowest BCUT2D eigenvalue weighted by Crippen LogP contribution is -2.69. The van der Waals surface area contributed by atoms with Crippen LogP contribution in [0.25, 0.3) is 0 Å². The Balaban J connectivity index is 1.73. The second-order valence-corrected chi connectivity index (χ2v) is 9.82. The highest BCUT2D eigenvalue weighted by atomic mass is 16.7. The van der Waals surface area contributed by atoms with Gasteiger partial charge in [0.05, 0.1) is 24.8 Å². The Bertz CT molecular complexity index is 675. The minimum Gasteiger partial charge on any atom is -0.391 e. The summed E-state index contributed by atoms with van der Waals surface area (Å²) in [6.07, 6.45) is -12.4. The van der Waals surface area contributed by atoms with Crippen molar-refractivity contribution in [3.05, 3.63) is 0 Å². The molecule has 1 saturated carbocycles. The van der Waals surface area contributed by atoms with Crippen LogP contribution in [-0.4, -0.2) is 135 Å². The first-order valence-corrected chi connectivity index (χ1v) is 11.4. The third-order valence-electron chi connectivity index (χ3n) is 6.95. The maximum atomic E-state index is 11.1. The predicted molar refractivity (Wildman–Crippen MR) is 116 cm³/mol. The van der Waals surface area contributed by atoms with Gasteiger partial charge in [0.25, 0.3) is 0 Å². The van der Waals surface area contributed by atoms with E-state index in [2.05, 4.69) is 5.32 Å². The van der Waals surface area contributed by atoms with Gasteiger partial charge in [0.2, 0.25) is 0 Å². The van der Waals surface area contributed by atoms with Crippen molar-refractivity contribution in [2.45, 2.75) is 111 Å². The van der Waals surface area contributed by atoms with Gasteiger partial charge in [-0.2, -0.15) is 0 Å². The fraction of sp³-hybridized carbons (Fsp3) is 1.00. The second-order valence-electron chi connectivity index (χ2n) is 9.82. The second kappa shape index (κ2) is 10.8. The Kier molecular flexibility index (Phi) is 8.92. The van der Waals surface area contributed by atoms with Crippen LogP contribution in [0.3, 0.4) is 0 Å². The van der Waals surface area contributed by atoms with Crippen molar-refractivity contribution in [2.24, 2.45) is 17.2 Å². The lowest BCUT2D eigenvalue weighted by Gasteiger charge is -2.49. The van der Waals surface area contributed by atoms with Crippen molar-refractivity contribution in [3.8, 4) is 0 Å². The highest BCUT2D eigenvalue weighted by Gasteiger charge is 2.52. The zero-order valence-electron chi connectivity index (χ0n) is 19.5. The summed E-state index contributed by atoms with van der Waals surface area (Å²) in [5, 5.41) is 65.2. The minimum absolute atomic E-state index is 0.135. The molecule has 14 heteroatoms. The molecular weight excluding hydrogens is 456 g/mol. The molecule has 2 aliphatic heterocycles. The van der Waals surface area contributed by atoms with E-state index in [0.29, 0.717) is 0 Å². The van der Waals surface area contributed by atoms with E-state index < -0.39 is 91.2 Å². The smallest absolute Gasteiger partial charge is 0.185 e. The summed E-state index contributed by atoms with van der Waals surface area (Å²) < 4.78 is 22.8. The van der Waals surface area contributed by atoms with Gasteiger partial charge in [0.15, 0.2) is 12.6 Å². The molecule has 0 amide bonds. The molecule has 3 fully saturated rings. The SMILES string of the molecule is CN[C@H]1[C@H](O)[C@H](O[C@@H]2[C@@H](O)[C@H](O[C@H]3O[C@H](C(C)O)[C@@H](O)[C@H](O)[C@H]3N)[C@@H](N)C[C@H]2N)OC[C@@]1(C)O. The quantitative estimate of drug-likeness (QED) is 0.165. The lowest BCUT2D eigenvalue weighted by molar-refractivity contribution is -0.319. The van der Waals surface area contributed by atoms with Crippen LogP contribution in [0.5, 0.6) is 0 Å². The first kappa shape index (κ1) is 28.0. The van der Waals surface area contributed by atoms with Crippen LogP contribution in [0.2, 0.25) is 0 Å². The molecule has 3 aliphatic rings. The largest absolute Gasteiger partial charge is 0.391 e. The molecule has 34 heavy (non-hydrogen) atoms. The number of aliphatic hydroxyl groups is 6. The fourth-order valence-corrected chi connectivity index (χ4v) is 4.95. The number of nitrogens with one attached hydrogen (secondary N) is 1. The van der Waals surface area contributed by atoms with Crippen LogP contribution in [0, 0.1) is 0 Å². The molecule has 200 valence electrons. The van der Waals surface area contributed by atoms with E-state index in [1.807, 2.05) is 0 Å². The van der Waals surface area contributed by atoms with E-state index in [-0.39, 0.29) is 13.0 Å². The number of rotatable bonds is 6. The van der Waals surface area contributed by atoms with Gasteiger partial charge in [-0.3, -0.25) is 0 Å². The van der Waals surface area contributed by atoms with Crippen LogP contribution in [0.1, 0.15) is 20.3 Å². The number of ether oxygens (including phenoxy) is 4. The summed E-state index contributed by atoms with van der Waals surface area (Å²) in [5.74, 6) is 0. The monoisotopic (exact) mass is 496 g/mol. The van der Waals surface area contributed by atoms with Crippen molar-refractivity contribution in [1.29, 1.82) is 0 Å². The summed E-state index contributed by atoms with van der Waals surface area (Å²) in [5.41, 5.74) is 17.0. The third-order valence-corrected chi connectivity index (χ3v) is 6.95. The predicted octanol–water partition coefficient (Wildman–Crippen LogP) is -5.61. The highest BCUT2D eigenvalue weighted by molar-refractivity contribution is 5.02. The molecule has 1 aliphatic carbocycles. The molecule has 14 nitrogen and oxygen atoms in total. The summed E-state index contributed by atoms with van der Waals surface area (Å²) in [4.78, 5) is 0. The van der Waals surface area contributed by atoms with Crippen molar-refractivity contribution in [1.82, 2.24) is 5.32 Å². The third kappa shape index (κ3) is 5.40. The van der Waals surface area contributed by atoms with Gasteiger partial charge in [-0.1, -0.05) is 0 Å². The molecule has 3 rings (SSSR count). The van der Waals surface area contributed by atoms with Crippen molar-refractivity contribution < 1.29 is 49.6 Å². The molecule has 2 saturated heterocycles. The van der Waals surface area contributed by atoms with Crippen molar-refractivity contribution in [2.75, 3.05) is 13.7 Å². The molecule has 1 unspecified atom stereocenters. The number of aliphatic hydroxyl groups excluding tert-OH is 5. The lowest BCUT2D eigenvalue weighted by atomic mass is 9.84. The summed E-state index contributed by atoms with van der Waals surface area (Å²) in [6.45, 7) is 2.75. The van der Waals surface area contributed by atoms with E-state index >= 15 is 0 Å². The molecular formula is C20H40N4O10. The molecule has 0 radical (unpaired) electrons. The Morgan fingerprint density at radius 3 is 2.03 bits per heavy atom. The highest BCUT2D eigenvalue weighted by Crippen LogP contribution is 2.32. The Morgan fingerprint density at radius 1 is 0.941 bits per heavy atom. The number of nitrogens with two attached hydrogens (primary N) is 3. The van der Waals surface area contributed by atoms with Gasteiger partial charge < -0.3 is 72.1 Å². The van der Waals surface area contributed by atoms with Gasteiger partial charge >= 0.3 is 0 Å². The molecule has 0 aromatic carbocycles. The molecule has 0 aromatic heterocycles. The summed E-state index contributed by atoms with van der Waals surface area (Å²) >= 11 is 0. The summed E-state index contributed by atoms with van der Waals surface area (Å²) in [7, 11) is 1.58. The molecule has 13 N–H and O–H groups in total. The van der Waals surface area contributed by atoms with Crippen LogP contribution >= 0.6 is 0 Å². The van der Waals surface area contributed by atoms with Crippen molar-refractivity contribution >= 4 is 0 Å². The van der Waals surface area contributed by atoms with E-state index in [1.165, 1.54) is 13.8 Å². The van der Waals surface area contributed by atoms with Gasteiger partial charge in [0, 0.05) is 12.1 Å². The van der Waals surface area contributed by atoms with Crippen LogP contribution in [0.4, 0.5) is 0 Å². The minimum atomic E-state index is -1.46. The van der Waals surface area contributed by atoms with E-state index in [0.717, 1.165) is 0 Å². The molecule has 0 spiro atoms. The van der Waals surface area contributed by atoms with Crippen molar-refractivity contribution in [3.63, 3.8) is 0 Å². The first-order valence-electron chi connectivity index (χ1n) is 11.4. The van der Waals surface area contributed by atoms with E-state index in [4.69, 9.17) is 36.1 Å². The van der Waals surface area contributed by atoms with Gasteiger partial charge in [0.1, 0.15) is 48.3 Å². The van der Waals surface area contributed by atoms with Gasteiger partial charge in [-0.15, -0.1) is 0 Å². The standard InChI is InChI=1S/C20H40N4O10/c1-6(25)14-11(27)10(26)9(23)18(32-14)33-15-7(21)4-8(22)16(12(15)28)34-19-13(29)17(24-3)20(2,30)5-31-19/h6-19,24-30H,4-5,21-23H2,1-3H3/t6?,7-,8+,9+,10+,11-,12-,13-,14+,15+,16-,17-,18+,19-,20+/m0/s1. The zero-order valence-corrected chi connectivity index (χ0v) is 19.5. The molecule has 2 heterocycles. The number of hydrogen-bond donors (Lipinski definition) is 10. The van der Waals surface area contributed by atoms with Crippen LogP contribution in [-0.2, 0) is 18.9 Å². The average molecular weight is 497 g/mol. The average Bonchev–Trinajstić information content (AvgIpc) is 2.75. The fourth-order valence-electron chi connectivity index (χ4n) is 4.95. The van der Waals surface area contributed by atoms with Gasteiger partial charge in [-0.05, 0) is 27.3 Å². The normalized spacial score (nSPS) is 53.5. The van der Waals surface area contributed by atoms with E-state index in [1.54, 1.807) is 7.05 Å². The Morgan fingerprint density at radius 2 is 1.50 bits per heavy atom. The number of hydrogen-bond acceptors (Lipinski definition) is 14. The van der Waals surface area contributed by atoms with Crippen LogP contribution in [0.15, 0.2) is 0 Å².